The van der Waals surface area contributed by atoms with Gasteiger partial charge in [0.2, 0.25) is 0 Å². The van der Waals surface area contributed by atoms with Crippen LogP contribution in [-0.2, 0) is 4.74 Å². The normalized spacial score (nSPS) is 22.0. The number of carbonyl (C=O) groups excluding carboxylic acids is 1. The molecule has 2 N–H and O–H groups in total. The van der Waals surface area contributed by atoms with Crippen LogP contribution in [0.15, 0.2) is 12.4 Å². The highest BCUT2D eigenvalue weighted by Gasteiger charge is 2.30. The Balaban J connectivity index is 1.92. The molecule has 1 amide bonds. The van der Waals surface area contributed by atoms with Crippen LogP contribution in [0.2, 0.25) is 0 Å². The summed E-state index contributed by atoms with van der Waals surface area (Å²) in [5, 5.41) is 4.17. The Morgan fingerprint density at radius 3 is 2.96 bits per heavy atom. The van der Waals surface area contributed by atoms with Gasteiger partial charge in [-0.1, -0.05) is 13.8 Å². The van der Waals surface area contributed by atoms with Crippen LogP contribution in [-0.4, -0.2) is 62.7 Å². The minimum Gasteiger partial charge on any atom is -0.378 e. The smallest absolute Gasteiger partial charge is 0.272 e. The molecule has 23 heavy (non-hydrogen) atoms. The Morgan fingerprint density at radius 2 is 2.26 bits per heavy atom. The lowest BCUT2D eigenvalue weighted by molar-refractivity contribution is 0.0159. The van der Waals surface area contributed by atoms with Crippen LogP contribution < -0.4 is 5.73 Å². The Hall–Kier alpha value is -2.06. The van der Waals surface area contributed by atoms with Crippen molar-refractivity contribution in [1.29, 1.82) is 0 Å². The summed E-state index contributed by atoms with van der Waals surface area (Å²) in [6.07, 6.45) is 2.02. The second-order valence-electron chi connectivity index (χ2n) is 6.17. The van der Waals surface area contributed by atoms with Crippen molar-refractivity contribution in [2.24, 2.45) is 5.73 Å². The van der Waals surface area contributed by atoms with Crippen molar-refractivity contribution in [3.63, 3.8) is 0 Å². The molecule has 0 aromatic carbocycles. The van der Waals surface area contributed by atoms with Crippen molar-refractivity contribution in [3.05, 3.63) is 23.8 Å². The number of aromatic nitrogens is 4. The Morgan fingerprint density at radius 1 is 1.48 bits per heavy atom. The summed E-state index contributed by atoms with van der Waals surface area (Å²) in [6.45, 7) is 5.18. The summed E-state index contributed by atoms with van der Waals surface area (Å²) >= 11 is 0. The van der Waals surface area contributed by atoms with Crippen molar-refractivity contribution < 1.29 is 9.53 Å². The number of amides is 1. The topological polar surface area (TPSA) is 98.6 Å². The van der Waals surface area contributed by atoms with Crippen LogP contribution >= 0.6 is 0 Å². The van der Waals surface area contributed by atoms with E-state index < -0.39 is 0 Å². The number of methoxy groups -OCH3 is 1. The third-order valence-corrected chi connectivity index (χ3v) is 4.29. The molecule has 1 fully saturated rings. The molecule has 1 aliphatic rings. The first kappa shape index (κ1) is 15.8. The van der Waals surface area contributed by atoms with Gasteiger partial charge in [0.1, 0.15) is 12.0 Å². The molecule has 0 spiro atoms. The Kier molecular flexibility index (Phi) is 4.27. The fraction of sp³-hybridized carbons (Fsp3) is 0.600. The number of carbonyl (C=O) groups is 1. The first-order valence-corrected chi connectivity index (χ1v) is 7.79. The minimum absolute atomic E-state index is 0.0396. The maximum atomic E-state index is 12.8. The van der Waals surface area contributed by atoms with Crippen LogP contribution in [0, 0.1) is 0 Å². The lowest BCUT2D eigenvalue weighted by Gasteiger charge is -2.35. The zero-order chi connectivity index (χ0) is 16.6. The molecule has 1 saturated heterocycles. The number of fused-ring (bicyclic) bond motifs is 1. The molecule has 8 nitrogen and oxygen atoms in total. The van der Waals surface area contributed by atoms with Gasteiger partial charge in [-0.05, 0) is 18.4 Å². The van der Waals surface area contributed by atoms with Crippen LogP contribution in [0.5, 0.6) is 0 Å². The molecular formula is C15H22N6O2. The number of nitrogens with two attached hydrogens (primary N) is 1. The number of nitrogens with zero attached hydrogens (tertiary/aromatic N) is 5. The van der Waals surface area contributed by atoms with Gasteiger partial charge in [0.15, 0.2) is 0 Å². The van der Waals surface area contributed by atoms with Gasteiger partial charge in [-0.3, -0.25) is 4.79 Å². The van der Waals surface area contributed by atoms with E-state index in [2.05, 4.69) is 15.1 Å². The van der Waals surface area contributed by atoms with Crippen molar-refractivity contribution in [2.45, 2.75) is 38.3 Å². The van der Waals surface area contributed by atoms with Crippen LogP contribution in [0.4, 0.5) is 0 Å². The molecule has 8 heteroatoms. The molecule has 3 heterocycles. The van der Waals surface area contributed by atoms with E-state index in [-0.39, 0.29) is 24.0 Å². The van der Waals surface area contributed by atoms with Crippen molar-refractivity contribution in [2.75, 3.05) is 20.2 Å². The number of piperidine rings is 1. The first-order valence-electron chi connectivity index (χ1n) is 7.79. The highest BCUT2D eigenvalue weighted by Crippen LogP contribution is 2.19. The van der Waals surface area contributed by atoms with E-state index in [9.17, 15) is 4.79 Å². The molecule has 3 rings (SSSR count). The van der Waals surface area contributed by atoms with Crippen LogP contribution in [0.25, 0.3) is 5.78 Å². The highest BCUT2D eigenvalue weighted by atomic mass is 16.5. The molecule has 2 aromatic heterocycles. The lowest BCUT2D eigenvalue weighted by atomic mass is 10.0. The van der Waals surface area contributed by atoms with Crippen molar-refractivity contribution in [1.82, 2.24) is 24.5 Å². The fourth-order valence-corrected chi connectivity index (χ4v) is 2.89. The van der Waals surface area contributed by atoms with E-state index in [1.807, 2.05) is 13.8 Å². The van der Waals surface area contributed by atoms with Gasteiger partial charge in [-0.15, -0.1) is 0 Å². The summed E-state index contributed by atoms with van der Waals surface area (Å²) in [5.74, 6) is 0.526. The fourth-order valence-electron chi connectivity index (χ4n) is 2.89. The first-order chi connectivity index (χ1) is 11.0. The average molecular weight is 318 g/mol. The summed E-state index contributed by atoms with van der Waals surface area (Å²) < 4.78 is 7.05. The van der Waals surface area contributed by atoms with Gasteiger partial charge in [0.25, 0.3) is 11.7 Å². The van der Waals surface area contributed by atoms with Crippen molar-refractivity contribution in [3.8, 4) is 0 Å². The standard InChI is InChI=1S/C15H22N6O2/c1-9(2)12-6-11(19-15-17-8-18-21(12)15)14(22)20-5-4-10(16)13(7-20)23-3/h6,8-10,13H,4-5,7,16H2,1-3H3/t10-,13+/m1/s1. The molecule has 2 atom stereocenters. The molecule has 124 valence electrons. The second kappa shape index (κ2) is 6.21. The van der Waals surface area contributed by atoms with Crippen LogP contribution in [0.1, 0.15) is 42.4 Å². The third-order valence-electron chi connectivity index (χ3n) is 4.29. The van der Waals surface area contributed by atoms with Gasteiger partial charge in [0, 0.05) is 26.2 Å². The minimum atomic E-state index is -0.144. The summed E-state index contributed by atoms with van der Waals surface area (Å²) in [5.41, 5.74) is 7.31. The van der Waals surface area contributed by atoms with Gasteiger partial charge in [0.05, 0.1) is 11.8 Å². The van der Waals surface area contributed by atoms with Gasteiger partial charge in [-0.2, -0.15) is 10.1 Å². The molecule has 2 aromatic rings. The highest BCUT2D eigenvalue weighted by molar-refractivity contribution is 5.93. The van der Waals surface area contributed by atoms with E-state index >= 15 is 0 Å². The zero-order valence-corrected chi connectivity index (χ0v) is 13.6. The largest absolute Gasteiger partial charge is 0.378 e. The number of hydrogen-bond donors (Lipinski definition) is 1. The third kappa shape index (κ3) is 2.91. The molecule has 0 radical (unpaired) electrons. The SMILES string of the molecule is CO[C@H]1CN(C(=O)c2cc(C(C)C)n3ncnc3n2)CC[C@H]1N. The molecule has 0 bridgehead atoms. The molecule has 0 unspecified atom stereocenters. The molecule has 1 aliphatic heterocycles. The maximum absolute atomic E-state index is 12.8. The number of ether oxygens (including phenoxy) is 1. The quantitative estimate of drug-likeness (QED) is 0.881. The average Bonchev–Trinajstić information content (AvgIpc) is 3.01. The monoisotopic (exact) mass is 318 g/mol. The summed E-state index contributed by atoms with van der Waals surface area (Å²) in [4.78, 5) is 23.0. The van der Waals surface area contributed by atoms with Gasteiger partial charge in [-0.25, -0.2) is 9.50 Å². The number of rotatable bonds is 3. The van der Waals surface area contributed by atoms with E-state index in [4.69, 9.17) is 10.5 Å². The predicted molar refractivity (Wildman–Crippen MR) is 84.2 cm³/mol. The lowest BCUT2D eigenvalue weighted by Crippen LogP contribution is -2.53. The van der Waals surface area contributed by atoms with E-state index in [1.54, 1.807) is 22.6 Å². The van der Waals surface area contributed by atoms with E-state index in [1.165, 1.54) is 6.33 Å². The Bertz CT molecular complexity index is 713. The van der Waals surface area contributed by atoms with Crippen LogP contribution in [0.3, 0.4) is 0 Å². The summed E-state index contributed by atoms with van der Waals surface area (Å²) in [7, 11) is 1.62. The van der Waals surface area contributed by atoms with E-state index in [0.29, 0.717) is 31.0 Å². The molecule has 0 saturated carbocycles. The van der Waals surface area contributed by atoms with Gasteiger partial charge >= 0.3 is 0 Å². The predicted octanol–water partition coefficient (Wildman–Crippen LogP) is 0.436. The van der Waals surface area contributed by atoms with Gasteiger partial charge < -0.3 is 15.4 Å². The second-order valence-corrected chi connectivity index (χ2v) is 6.17. The maximum Gasteiger partial charge on any atom is 0.272 e. The molecule has 0 aliphatic carbocycles. The van der Waals surface area contributed by atoms with Crippen molar-refractivity contribution >= 4 is 11.7 Å². The number of hydrogen-bond acceptors (Lipinski definition) is 6. The number of likely N-dealkylation sites (tertiary alicyclic amines) is 1. The van der Waals surface area contributed by atoms with E-state index in [0.717, 1.165) is 5.69 Å². The Labute approximate surface area is 134 Å². The summed E-state index contributed by atoms with van der Waals surface area (Å²) in [6, 6.07) is 1.76. The molecular weight excluding hydrogens is 296 g/mol. The zero-order valence-electron chi connectivity index (χ0n) is 13.6.